The zero-order valence-corrected chi connectivity index (χ0v) is 5.09. The number of nitrogens with two attached hydrogens (primary N) is 1. The molecule has 48 valence electrons. The molecule has 0 saturated heterocycles. The molecule has 0 aromatic rings. The van der Waals surface area contributed by atoms with Crippen LogP contribution in [0.5, 0.6) is 0 Å². The summed E-state index contributed by atoms with van der Waals surface area (Å²) in [5.41, 5.74) is 5.17. The van der Waals surface area contributed by atoms with E-state index in [1.807, 2.05) is 0 Å². The molecule has 0 heterocycles. The molecule has 0 aliphatic heterocycles. The number of aliphatic hydroxyl groups excluding tert-OH is 1. The van der Waals surface area contributed by atoms with Crippen LogP contribution < -0.4 is 5.73 Å². The highest BCUT2D eigenvalue weighted by Crippen LogP contribution is 1.88. The number of hydrogen-bond donors (Lipinski definition) is 2. The summed E-state index contributed by atoms with van der Waals surface area (Å²) < 4.78 is 0. The van der Waals surface area contributed by atoms with E-state index in [-0.39, 0.29) is 5.78 Å². The Kier molecular flexibility index (Phi) is 2.65. The number of Topliss-reactive ketones (excluding diaryl/α,β-unsaturated/α-hetero) is 1. The van der Waals surface area contributed by atoms with E-state index in [1.54, 1.807) is 6.92 Å². The molecule has 0 rings (SSSR count). The van der Waals surface area contributed by atoms with Gasteiger partial charge in [0.15, 0.2) is 5.78 Å². The summed E-state index contributed by atoms with van der Waals surface area (Å²) in [5, 5.41) is 8.73. The Balaban J connectivity index is 3.64. The molecule has 2 atom stereocenters. The second-order valence-corrected chi connectivity index (χ2v) is 1.91. The van der Waals surface area contributed by atoms with Crippen molar-refractivity contribution in [2.75, 3.05) is 0 Å². The van der Waals surface area contributed by atoms with Gasteiger partial charge >= 0.3 is 0 Å². The third-order valence-electron chi connectivity index (χ3n) is 0.915. The maximum Gasteiger partial charge on any atom is 0.159 e. The molecule has 0 fully saturated rings. The number of carbonyl (C=O) groups excluding carboxylic acids is 1. The normalized spacial score (nSPS) is 17.5. The molecule has 0 radical (unpaired) electrons. The van der Waals surface area contributed by atoms with Gasteiger partial charge in [0.25, 0.3) is 0 Å². The highest BCUT2D eigenvalue weighted by Gasteiger charge is 2.13. The summed E-state index contributed by atoms with van der Waals surface area (Å²) in [7, 11) is 0. The van der Waals surface area contributed by atoms with Gasteiger partial charge in [-0.25, -0.2) is 0 Å². The average Bonchev–Trinajstić information content (AvgIpc) is 1.64. The summed E-state index contributed by atoms with van der Waals surface area (Å²) in [6.07, 6.45) is -0.991. The Hall–Kier alpha value is -0.410. The Bertz CT molecular complexity index is 90.4. The summed E-state index contributed by atoms with van der Waals surface area (Å²) >= 11 is 0. The Morgan fingerprint density at radius 2 is 2.12 bits per heavy atom. The van der Waals surface area contributed by atoms with Crippen LogP contribution in [0.3, 0.4) is 0 Å². The van der Waals surface area contributed by atoms with Crippen molar-refractivity contribution in [2.45, 2.75) is 26.0 Å². The van der Waals surface area contributed by atoms with Gasteiger partial charge in [-0.15, -0.1) is 0 Å². The van der Waals surface area contributed by atoms with Crippen molar-refractivity contribution in [1.29, 1.82) is 0 Å². The van der Waals surface area contributed by atoms with E-state index >= 15 is 0 Å². The van der Waals surface area contributed by atoms with E-state index in [2.05, 4.69) is 0 Å². The van der Waals surface area contributed by atoms with Gasteiger partial charge in [0.2, 0.25) is 0 Å². The first-order valence-electron chi connectivity index (χ1n) is 2.50. The highest BCUT2D eigenvalue weighted by atomic mass is 16.3. The predicted octanol–water partition coefficient (Wildman–Crippen LogP) is -0.716. The molecule has 0 aliphatic rings. The molecule has 0 aliphatic carbocycles. The third kappa shape index (κ3) is 2.04. The first-order valence-corrected chi connectivity index (χ1v) is 2.50. The number of rotatable bonds is 2. The molecule has 0 aromatic carbocycles. The van der Waals surface area contributed by atoms with Crippen molar-refractivity contribution < 1.29 is 9.90 Å². The van der Waals surface area contributed by atoms with Crippen molar-refractivity contribution in [2.24, 2.45) is 5.73 Å². The fraction of sp³-hybridized carbons (Fsp3) is 0.800. The molecule has 0 saturated carbocycles. The molecular weight excluding hydrogens is 106 g/mol. The van der Waals surface area contributed by atoms with E-state index in [1.165, 1.54) is 6.92 Å². The second-order valence-electron chi connectivity index (χ2n) is 1.91. The molecule has 3 N–H and O–H groups in total. The second kappa shape index (κ2) is 2.79. The van der Waals surface area contributed by atoms with Crippen molar-refractivity contribution in [1.82, 2.24) is 0 Å². The van der Waals surface area contributed by atoms with Gasteiger partial charge in [-0.05, 0) is 13.8 Å². The summed E-state index contributed by atoms with van der Waals surface area (Å²) in [5.74, 6) is -0.278. The fourth-order valence-electron chi connectivity index (χ4n) is 0.370. The smallest absolute Gasteiger partial charge is 0.159 e. The zero-order chi connectivity index (χ0) is 6.73. The molecule has 3 nitrogen and oxygen atoms in total. The third-order valence-corrected chi connectivity index (χ3v) is 0.915. The maximum absolute atomic E-state index is 10.3. The number of carbonyl (C=O) groups is 1. The van der Waals surface area contributed by atoms with Gasteiger partial charge in [-0.2, -0.15) is 0 Å². The largest absolute Gasteiger partial charge is 0.384 e. The van der Waals surface area contributed by atoms with Crippen LogP contribution in [0.2, 0.25) is 0 Å². The quantitative estimate of drug-likeness (QED) is 0.502. The van der Waals surface area contributed by atoms with E-state index in [0.29, 0.717) is 0 Å². The van der Waals surface area contributed by atoms with Crippen LogP contribution in [-0.4, -0.2) is 23.0 Å². The first kappa shape index (κ1) is 7.59. The lowest BCUT2D eigenvalue weighted by Gasteiger charge is -2.08. The fourth-order valence-corrected chi connectivity index (χ4v) is 0.370. The SMILES string of the molecule is CC(=O)[C@H](O)[C@@H](C)N. The summed E-state index contributed by atoms with van der Waals surface area (Å²) in [4.78, 5) is 10.3. The van der Waals surface area contributed by atoms with Gasteiger partial charge in [-0.1, -0.05) is 0 Å². The molecule has 0 aromatic heterocycles. The molecule has 0 bridgehead atoms. The van der Waals surface area contributed by atoms with Crippen LogP contribution in [0, 0.1) is 0 Å². The molecule has 0 amide bonds. The van der Waals surface area contributed by atoms with Crippen LogP contribution in [0.25, 0.3) is 0 Å². The summed E-state index contributed by atoms with van der Waals surface area (Å²) in [6.45, 7) is 2.90. The lowest BCUT2D eigenvalue weighted by molar-refractivity contribution is -0.125. The van der Waals surface area contributed by atoms with Crippen molar-refractivity contribution >= 4 is 5.78 Å². The Morgan fingerprint density at radius 1 is 1.75 bits per heavy atom. The lowest BCUT2D eigenvalue weighted by Crippen LogP contribution is -2.36. The standard InChI is InChI=1S/C5H11NO2/c1-3(6)5(8)4(2)7/h3,5,8H,6H2,1-2H3/t3-,5-/m1/s1. The number of aliphatic hydroxyl groups is 1. The van der Waals surface area contributed by atoms with Crippen molar-refractivity contribution in [3.63, 3.8) is 0 Å². The average molecular weight is 117 g/mol. The van der Waals surface area contributed by atoms with Crippen molar-refractivity contribution in [3.05, 3.63) is 0 Å². The van der Waals surface area contributed by atoms with Crippen LogP contribution >= 0.6 is 0 Å². The Morgan fingerprint density at radius 3 is 2.12 bits per heavy atom. The van der Waals surface area contributed by atoms with Crippen molar-refractivity contribution in [3.8, 4) is 0 Å². The number of hydrogen-bond acceptors (Lipinski definition) is 3. The van der Waals surface area contributed by atoms with Gasteiger partial charge < -0.3 is 10.8 Å². The molecule has 8 heavy (non-hydrogen) atoms. The molecule has 3 heteroatoms. The summed E-state index contributed by atoms with van der Waals surface area (Å²) in [6, 6.07) is -0.451. The van der Waals surface area contributed by atoms with Gasteiger partial charge in [0.1, 0.15) is 6.10 Å². The number of ketones is 1. The van der Waals surface area contributed by atoms with E-state index in [9.17, 15) is 4.79 Å². The molecule has 0 unspecified atom stereocenters. The minimum absolute atomic E-state index is 0.278. The molecular formula is C5H11NO2. The molecule has 0 spiro atoms. The maximum atomic E-state index is 10.3. The highest BCUT2D eigenvalue weighted by molar-refractivity contribution is 5.80. The van der Waals surface area contributed by atoms with Gasteiger partial charge in [0, 0.05) is 6.04 Å². The monoisotopic (exact) mass is 117 g/mol. The van der Waals surface area contributed by atoms with Crippen LogP contribution in [0.15, 0.2) is 0 Å². The van der Waals surface area contributed by atoms with E-state index in [0.717, 1.165) is 0 Å². The lowest BCUT2D eigenvalue weighted by atomic mass is 10.1. The first-order chi connectivity index (χ1) is 3.55. The van der Waals surface area contributed by atoms with E-state index in [4.69, 9.17) is 10.8 Å². The minimum atomic E-state index is -0.991. The zero-order valence-electron chi connectivity index (χ0n) is 5.09. The van der Waals surface area contributed by atoms with Gasteiger partial charge in [-0.3, -0.25) is 4.79 Å². The van der Waals surface area contributed by atoms with E-state index < -0.39 is 12.1 Å². The van der Waals surface area contributed by atoms with Crippen LogP contribution in [-0.2, 0) is 4.79 Å². The minimum Gasteiger partial charge on any atom is -0.384 e. The van der Waals surface area contributed by atoms with Crippen LogP contribution in [0.1, 0.15) is 13.8 Å². The topological polar surface area (TPSA) is 63.3 Å². The van der Waals surface area contributed by atoms with Gasteiger partial charge in [0.05, 0.1) is 0 Å². The predicted molar refractivity (Wildman–Crippen MR) is 30.3 cm³/mol. The van der Waals surface area contributed by atoms with Crippen LogP contribution in [0.4, 0.5) is 0 Å². The Labute approximate surface area is 48.5 Å².